The SMILES string of the molecule is CCOC=CC(C)CCC=C(C)C. The summed E-state index contributed by atoms with van der Waals surface area (Å²) in [4.78, 5) is 0. The zero-order valence-corrected chi connectivity index (χ0v) is 9.34. The smallest absolute Gasteiger partial charge is 0.0845 e. The monoisotopic (exact) mass is 182 g/mol. The molecule has 0 aliphatic heterocycles. The Kier molecular flexibility index (Phi) is 7.47. The lowest BCUT2D eigenvalue weighted by Gasteiger charge is -2.03. The van der Waals surface area contributed by atoms with Gasteiger partial charge in [-0.1, -0.05) is 18.6 Å². The van der Waals surface area contributed by atoms with Gasteiger partial charge in [0.1, 0.15) is 0 Å². The first-order chi connectivity index (χ1) is 6.16. The van der Waals surface area contributed by atoms with E-state index in [0.717, 1.165) is 6.61 Å². The summed E-state index contributed by atoms with van der Waals surface area (Å²) in [7, 11) is 0. The van der Waals surface area contributed by atoms with Crippen LogP contribution in [-0.4, -0.2) is 6.61 Å². The van der Waals surface area contributed by atoms with Gasteiger partial charge in [0.15, 0.2) is 0 Å². The molecule has 0 saturated heterocycles. The fraction of sp³-hybridized carbons (Fsp3) is 0.667. The van der Waals surface area contributed by atoms with Gasteiger partial charge < -0.3 is 4.74 Å². The van der Waals surface area contributed by atoms with E-state index in [1.807, 2.05) is 13.2 Å². The van der Waals surface area contributed by atoms with Crippen LogP contribution in [-0.2, 0) is 4.74 Å². The molecule has 0 aromatic heterocycles. The van der Waals surface area contributed by atoms with E-state index in [1.165, 1.54) is 18.4 Å². The molecule has 0 amide bonds. The molecule has 0 saturated carbocycles. The summed E-state index contributed by atoms with van der Waals surface area (Å²) in [5.74, 6) is 0.613. The standard InChI is InChI=1S/C12H22O/c1-5-13-10-9-12(4)8-6-7-11(2)3/h7,9-10,12H,5-6,8H2,1-4H3. The van der Waals surface area contributed by atoms with Crippen molar-refractivity contribution >= 4 is 0 Å². The van der Waals surface area contributed by atoms with Gasteiger partial charge in [-0.3, -0.25) is 0 Å². The molecule has 13 heavy (non-hydrogen) atoms. The molecule has 1 unspecified atom stereocenters. The average Bonchev–Trinajstić information content (AvgIpc) is 2.04. The molecule has 0 fully saturated rings. The Hall–Kier alpha value is -0.720. The van der Waals surface area contributed by atoms with Crippen LogP contribution in [0.5, 0.6) is 0 Å². The number of hydrogen-bond acceptors (Lipinski definition) is 1. The highest BCUT2D eigenvalue weighted by Gasteiger charge is 1.94. The third kappa shape index (κ3) is 9.19. The van der Waals surface area contributed by atoms with Gasteiger partial charge in [-0.15, -0.1) is 0 Å². The minimum Gasteiger partial charge on any atom is -0.502 e. The highest BCUT2D eigenvalue weighted by Crippen LogP contribution is 2.08. The highest BCUT2D eigenvalue weighted by molar-refractivity contribution is 4.93. The molecule has 0 N–H and O–H groups in total. The Bertz CT molecular complexity index is 164. The zero-order valence-electron chi connectivity index (χ0n) is 9.34. The fourth-order valence-corrected chi connectivity index (χ4v) is 1.02. The van der Waals surface area contributed by atoms with Crippen LogP contribution in [0.4, 0.5) is 0 Å². The molecule has 76 valence electrons. The third-order valence-electron chi connectivity index (χ3n) is 1.84. The fourth-order valence-electron chi connectivity index (χ4n) is 1.02. The molecule has 1 heteroatoms. The average molecular weight is 182 g/mol. The van der Waals surface area contributed by atoms with Gasteiger partial charge in [0.25, 0.3) is 0 Å². The van der Waals surface area contributed by atoms with E-state index in [4.69, 9.17) is 4.74 Å². The lowest BCUT2D eigenvalue weighted by atomic mass is 10.1. The molecule has 0 radical (unpaired) electrons. The quantitative estimate of drug-likeness (QED) is 0.447. The van der Waals surface area contributed by atoms with Crippen molar-refractivity contribution in [3.05, 3.63) is 24.0 Å². The van der Waals surface area contributed by atoms with Gasteiger partial charge in [0, 0.05) is 0 Å². The maximum absolute atomic E-state index is 5.14. The van der Waals surface area contributed by atoms with Crippen LogP contribution in [0.3, 0.4) is 0 Å². The minimum absolute atomic E-state index is 0.613. The van der Waals surface area contributed by atoms with Crippen LogP contribution in [0, 0.1) is 5.92 Å². The maximum Gasteiger partial charge on any atom is 0.0845 e. The second-order valence-corrected chi connectivity index (χ2v) is 3.62. The molecule has 0 spiro atoms. The lowest BCUT2D eigenvalue weighted by molar-refractivity contribution is 0.266. The minimum atomic E-state index is 0.613. The lowest BCUT2D eigenvalue weighted by Crippen LogP contribution is -1.89. The van der Waals surface area contributed by atoms with E-state index in [-0.39, 0.29) is 0 Å². The predicted octanol–water partition coefficient (Wildman–Crippen LogP) is 3.92. The molecule has 0 rings (SSSR count). The third-order valence-corrected chi connectivity index (χ3v) is 1.84. The topological polar surface area (TPSA) is 9.23 Å². The Morgan fingerprint density at radius 3 is 2.62 bits per heavy atom. The van der Waals surface area contributed by atoms with E-state index in [9.17, 15) is 0 Å². The van der Waals surface area contributed by atoms with Gasteiger partial charge in [-0.05, 0) is 45.6 Å². The van der Waals surface area contributed by atoms with Crippen LogP contribution >= 0.6 is 0 Å². The second kappa shape index (κ2) is 7.90. The molecule has 0 aliphatic rings. The molecule has 1 nitrogen and oxygen atoms in total. The number of allylic oxidation sites excluding steroid dienone is 3. The molecular formula is C12H22O. The van der Waals surface area contributed by atoms with Gasteiger partial charge >= 0.3 is 0 Å². The molecule has 0 bridgehead atoms. The summed E-state index contributed by atoms with van der Waals surface area (Å²) in [6.45, 7) is 9.26. The van der Waals surface area contributed by atoms with Crippen molar-refractivity contribution in [3.8, 4) is 0 Å². The molecule has 0 heterocycles. The summed E-state index contributed by atoms with van der Waals surface area (Å²) in [6.07, 6.45) is 8.59. The predicted molar refractivity (Wildman–Crippen MR) is 58.6 cm³/mol. The van der Waals surface area contributed by atoms with E-state index in [0.29, 0.717) is 5.92 Å². The first-order valence-corrected chi connectivity index (χ1v) is 5.08. The summed E-state index contributed by atoms with van der Waals surface area (Å²) in [5.41, 5.74) is 1.40. The van der Waals surface area contributed by atoms with Crippen molar-refractivity contribution in [2.24, 2.45) is 5.92 Å². The van der Waals surface area contributed by atoms with Crippen LogP contribution < -0.4 is 0 Å². The van der Waals surface area contributed by atoms with Crippen molar-refractivity contribution in [3.63, 3.8) is 0 Å². The molecule has 1 atom stereocenters. The first-order valence-electron chi connectivity index (χ1n) is 5.08. The molecule has 0 aliphatic carbocycles. The van der Waals surface area contributed by atoms with Crippen molar-refractivity contribution in [2.75, 3.05) is 6.61 Å². The van der Waals surface area contributed by atoms with Gasteiger partial charge in [-0.2, -0.15) is 0 Å². The molecular weight excluding hydrogens is 160 g/mol. The Balaban J connectivity index is 3.51. The highest BCUT2D eigenvalue weighted by atomic mass is 16.5. The van der Waals surface area contributed by atoms with E-state index < -0.39 is 0 Å². The van der Waals surface area contributed by atoms with Crippen molar-refractivity contribution in [2.45, 2.75) is 40.5 Å². The van der Waals surface area contributed by atoms with E-state index >= 15 is 0 Å². The maximum atomic E-state index is 5.14. The van der Waals surface area contributed by atoms with Gasteiger partial charge in [0.2, 0.25) is 0 Å². The second-order valence-electron chi connectivity index (χ2n) is 3.62. The van der Waals surface area contributed by atoms with Crippen molar-refractivity contribution in [1.82, 2.24) is 0 Å². The van der Waals surface area contributed by atoms with Crippen LogP contribution in [0.2, 0.25) is 0 Å². The Morgan fingerprint density at radius 1 is 1.38 bits per heavy atom. The zero-order chi connectivity index (χ0) is 10.1. The summed E-state index contributed by atoms with van der Waals surface area (Å²) in [6, 6.07) is 0. The Morgan fingerprint density at radius 2 is 2.08 bits per heavy atom. The van der Waals surface area contributed by atoms with Crippen LogP contribution in [0.1, 0.15) is 40.5 Å². The number of rotatable bonds is 6. The molecule has 0 aromatic carbocycles. The summed E-state index contributed by atoms with van der Waals surface area (Å²) in [5, 5.41) is 0. The van der Waals surface area contributed by atoms with Crippen LogP contribution in [0.25, 0.3) is 0 Å². The molecule has 0 aromatic rings. The normalized spacial score (nSPS) is 12.9. The van der Waals surface area contributed by atoms with Gasteiger partial charge in [-0.25, -0.2) is 0 Å². The van der Waals surface area contributed by atoms with E-state index in [2.05, 4.69) is 32.9 Å². The Labute approximate surface area is 82.5 Å². The number of hydrogen-bond donors (Lipinski definition) is 0. The summed E-state index contributed by atoms with van der Waals surface area (Å²) >= 11 is 0. The van der Waals surface area contributed by atoms with Crippen LogP contribution in [0.15, 0.2) is 24.0 Å². The van der Waals surface area contributed by atoms with Crippen molar-refractivity contribution < 1.29 is 4.74 Å². The number of ether oxygens (including phenoxy) is 1. The van der Waals surface area contributed by atoms with E-state index in [1.54, 1.807) is 0 Å². The van der Waals surface area contributed by atoms with Gasteiger partial charge in [0.05, 0.1) is 12.9 Å². The summed E-state index contributed by atoms with van der Waals surface area (Å²) < 4.78 is 5.14. The first kappa shape index (κ1) is 12.3. The van der Waals surface area contributed by atoms with Crippen molar-refractivity contribution in [1.29, 1.82) is 0 Å². The largest absolute Gasteiger partial charge is 0.502 e.